The third-order valence-corrected chi connectivity index (χ3v) is 5.57. The molecule has 4 rings (SSSR count). The van der Waals surface area contributed by atoms with Crippen molar-refractivity contribution in [1.82, 2.24) is 4.90 Å². The van der Waals surface area contributed by atoms with Crippen molar-refractivity contribution in [1.29, 1.82) is 0 Å². The van der Waals surface area contributed by atoms with Crippen LogP contribution in [0.3, 0.4) is 0 Å². The first-order valence-electron chi connectivity index (χ1n) is 10.7. The van der Waals surface area contributed by atoms with Crippen molar-refractivity contribution in [2.45, 2.75) is 32.5 Å². The van der Waals surface area contributed by atoms with Crippen LogP contribution in [0.25, 0.3) is 0 Å². The number of hydrogen-bond acceptors (Lipinski definition) is 5. The molecule has 0 radical (unpaired) electrons. The van der Waals surface area contributed by atoms with Gasteiger partial charge in [-0.15, -0.1) is 0 Å². The quantitative estimate of drug-likeness (QED) is 0.422. The molecule has 0 spiro atoms. The molecule has 34 heavy (non-hydrogen) atoms. The minimum atomic E-state index is -0.700. The molecular formula is C25H22FN3O5. The monoisotopic (exact) mass is 463 g/mol. The summed E-state index contributed by atoms with van der Waals surface area (Å²) in [4.78, 5) is 37.5. The van der Waals surface area contributed by atoms with Crippen LogP contribution in [-0.2, 0) is 17.9 Å². The highest BCUT2D eigenvalue weighted by molar-refractivity contribution is 6.04. The minimum Gasteiger partial charge on any atom is -0.480 e. The Labute approximate surface area is 195 Å². The largest absolute Gasteiger partial charge is 0.480 e. The van der Waals surface area contributed by atoms with E-state index < -0.39 is 22.8 Å². The Bertz CT molecular complexity index is 1250. The van der Waals surface area contributed by atoms with Crippen molar-refractivity contribution >= 4 is 23.2 Å². The predicted octanol–water partition coefficient (Wildman–Crippen LogP) is 4.69. The van der Waals surface area contributed by atoms with Crippen LogP contribution in [0.15, 0.2) is 66.7 Å². The SMILES string of the molecule is CC[C@H]1Oc2ccc(NC(=O)c3ccc([N+](=O)[O-])cc3)cc2CN(Cc2ccccc2F)C1=O. The highest BCUT2D eigenvalue weighted by Gasteiger charge is 2.30. The summed E-state index contributed by atoms with van der Waals surface area (Å²) in [5, 5.41) is 13.6. The molecule has 1 N–H and O–H groups in total. The number of ether oxygens (including phenoxy) is 1. The van der Waals surface area contributed by atoms with Crippen LogP contribution in [0.4, 0.5) is 15.8 Å². The minimum absolute atomic E-state index is 0.0875. The summed E-state index contributed by atoms with van der Waals surface area (Å²) in [5.41, 5.74) is 1.70. The molecule has 0 aliphatic carbocycles. The average molecular weight is 463 g/mol. The molecular weight excluding hydrogens is 441 g/mol. The van der Waals surface area contributed by atoms with Gasteiger partial charge in [0.05, 0.1) is 4.92 Å². The molecule has 0 saturated carbocycles. The number of hydrogen-bond donors (Lipinski definition) is 1. The fraction of sp³-hybridized carbons (Fsp3) is 0.200. The normalized spacial score (nSPS) is 15.2. The van der Waals surface area contributed by atoms with E-state index in [1.165, 1.54) is 30.3 Å². The third-order valence-electron chi connectivity index (χ3n) is 5.57. The topological polar surface area (TPSA) is 102 Å². The first-order valence-corrected chi connectivity index (χ1v) is 10.7. The molecule has 0 aromatic heterocycles. The summed E-state index contributed by atoms with van der Waals surface area (Å²) in [6.07, 6.45) is -0.251. The van der Waals surface area contributed by atoms with Crippen molar-refractivity contribution < 1.29 is 23.6 Å². The van der Waals surface area contributed by atoms with Crippen LogP contribution in [0, 0.1) is 15.9 Å². The summed E-state index contributed by atoms with van der Waals surface area (Å²) >= 11 is 0. The molecule has 1 atom stereocenters. The maximum Gasteiger partial charge on any atom is 0.269 e. The number of nitrogens with zero attached hydrogens (tertiary/aromatic N) is 2. The number of rotatable bonds is 6. The zero-order valence-corrected chi connectivity index (χ0v) is 18.4. The van der Waals surface area contributed by atoms with Crippen LogP contribution in [0.2, 0.25) is 0 Å². The Kier molecular flexibility index (Phi) is 6.53. The molecule has 1 aliphatic heterocycles. The number of halogens is 1. The second-order valence-corrected chi connectivity index (χ2v) is 7.88. The van der Waals surface area contributed by atoms with Gasteiger partial charge in [-0.05, 0) is 42.8 Å². The Morgan fingerprint density at radius 2 is 1.91 bits per heavy atom. The molecule has 1 aliphatic rings. The van der Waals surface area contributed by atoms with Gasteiger partial charge in [-0.25, -0.2) is 4.39 Å². The zero-order chi connectivity index (χ0) is 24.2. The molecule has 0 fully saturated rings. The predicted molar refractivity (Wildman–Crippen MR) is 123 cm³/mol. The average Bonchev–Trinajstić information content (AvgIpc) is 2.96. The maximum absolute atomic E-state index is 14.2. The number of benzene rings is 3. The summed E-state index contributed by atoms with van der Waals surface area (Å²) in [5.74, 6) is -0.545. The number of nitro benzene ring substituents is 1. The van der Waals surface area contributed by atoms with Crippen molar-refractivity contribution in [3.63, 3.8) is 0 Å². The van der Waals surface area contributed by atoms with Gasteiger partial charge in [0.15, 0.2) is 6.10 Å². The van der Waals surface area contributed by atoms with Crippen LogP contribution in [-0.4, -0.2) is 27.7 Å². The second-order valence-electron chi connectivity index (χ2n) is 7.88. The number of amides is 2. The lowest BCUT2D eigenvalue weighted by molar-refractivity contribution is -0.384. The van der Waals surface area contributed by atoms with E-state index in [1.54, 1.807) is 41.3 Å². The lowest BCUT2D eigenvalue weighted by atomic mass is 10.1. The summed E-state index contributed by atoms with van der Waals surface area (Å²) < 4.78 is 20.2. The first kappa shape index (κ1) is 22.9. The van der Waals surface area contributed by atoms with Gasteiger partial charge in [-0.3, -0.25) is 19.7 Å². The van der Waals surface area contributed by atoms with Gasteiger partial charge in [-0.2, -0.15) is 0 Å². The molecule has 0 bridgehead atoms. The first-order chi connectivity index (χ1) is 16.4. The standard InChI is InChI=1S/C25H22FN3O5/c1-2-22-25(31)28(14-17-5-3-4-6-21(17)26)15-18-13-19(9-12-23(18)34-22)27-24(30)16-7-10-20(11-8-16)29(32)33/h3-13,22H,2,14-15H2,1H3,(H,27,30)/t22-/m1/s1. The van der Waals surface area contributed by atoms with Crippen LogP contribution < -0.4 is 10.1 Å². The fourth-order valence-corrected chi connectivity index (χ4v) is 3.75. The molecule has 0 saturated heterocycles. The molecule has 8 nitrogen and oxygen atoms in total. The molecule has 0 unspecified atom stereocenters. The summed E-state index contributed by atoms with van der Waals surface area (Å²) in [6.45, 7) is 2.11. The Morgan fingerprint density at radius 1 is 1.18 bits per heavy atom. The second kappa shape index (κ2) is 9.70. The Balaban J connectivity index is 1.57. The van der Waals surface area contributed by atoms with Crippen molar-refractivity contribution in [3.8, 4) is 5.75 Å². The van der Waals surface area contributed by atoms with Crippen molar-refractivity contribution in [2.24, 2.45) is 0 Å². The molecule has 2 amide bonds. The van der Waals surface area contributed by atoms with Crippen LogP contribution >= 0.6 is 0 Å². The lowest BCUT2D eigenvalue weighted by Gasteiger charge is -2.23. The van der Waals surface area contributed by atoms with Gasteiger partial charge in [0.25, 0.3) is 17.5 Å². The fourth-order valence-electron chi connectivity index (χ4n) is 3.75. The number of carbonyl (C=O) groups excluding carboxylic acids is 2. The number of fused-ring (bicyclic) bond motifs is 1. The van der Waals surface area contributed by atoms with E-state index in [9.17, 15) is 24.1 Å². The molecule has 9 heteroatoms. The highest BCUT2D eigenvalue weighted by atomic mass is 19.1. The van der Waals surface area contributed by atoms with E-state index in [0.717, 1.165) is 0 Å². The highest BCUT2D eigenvalue weighted by Crippen LogP contribution is 2.30. The number of nitrogens with one attached hydrogen (secondary N) is 1. The van der Waals surface area contributed by atoms with Gasteiger partial charge in [0, 0.05) is 47.6 Å². The zero-order valence-electron chi connectivity index (χ0n) is 18.4. The lowest BCUT2D eigenvalue weighted by Crippen LogP contribution is -2.39. The summed E-state index contributed by atoms with van der Waals surface area (Å²) in [6, 6.07) is 16.6. The van der Waals surface area contributed by atoms with E-state index in [1.807, 2.05) is 6.92 Å². The van der Waals surface area contributed by atoms with Crippen molar-refractivity contribution in [3.05, 3.63) is 99.4 Å². The van der Waals surface area contributed by atoms with Crippen molar-refractivity contribution in [2.75, 3.05) is 5.32 Å². The van der Waals surface area contributed by atoms with E-state index >= 15 is 0 Å². The number of anilines is 1. The van der Waals surface area contributed by atoms with Gasteiger partial charge >= 0.3 is 0 Å². The van der Waals surface area contributed by atoms with Crippen LogP contribution in [0.5, 0.6) is 5.75 Å². The Morgan fingerprint density at radius 3 is 2.59 bits per heavy atom. The van der Waals surface area contributed by atoms with Gasteiger partial charge in [0.2, 0.25) is 0 Å². The van der Waals surface area contributed by atoms with Gasteiger partial charge in [-0.1, -0.05) is 25.1 Å². The Hall–Kier alpha value is -4.27. The van der Waals surface area contributed by atoms with Gasteiger partial charge < -0.3 is 15.0 Å². The molecule has 3 aromatic rings. The van der Waals surface area contributed by atoms with E-state index in [4.69, 9.17) is 4.74 Å². The number of nitro groups is 1. The smallest absolute Gasteiger partial charge is 0.269 e. The number of non-ortho nitro benzene ring substituents is 1. The third kappa shape index (κ3) is 4.88. The maximum atomic E-state index is 14.2. The molecule has 3 aromatic carbocycles. The summed E-state index contributed by atoms with van der Waals surface area (Å²) in [7, 11) is 0. The number of carbonyl (C=O) groups is 2. The van der Waals surface area contributed by atoms with Crippen LogP contribution in [0.1, 0.15) is 34.8 Å². The van der Waals surface area contributed by atoms with E-state index in [2.05, 4.69) is 5.32 Å². The van der Waals surface area contributed by atoms with Gasteiger partial charge in [0.1, 0.15) is 11.6 Å². The van der Waals surface area contributed by atoms with E-state index in [0.29, 0.717) is 29.0 Å². The van der Waals surface area contributed by atoms with E-state index in [-0.39, 0.29) is 30.2 Å². The molecule has 1 heterocycles. The molecule has 174 valence electrons.